The molecule has 0 aliphatic heterocycles. The van der Waals surface area contributed by atoms with E-state index in [9.17, 15) is 5.11 Å². The van der Waals surface area contributed by atoms with Crippen molar-refractivity contribution in [3.05, 3.63) is 0 Å². The van der Waals surface area contributed by atoms with Gasteiger partial charge in [0.05, 0.1) is 6.10 Å². The van der Waals surface area contributed by atoms with Gasteiger partial charge >= 0.3 is 0 Å². The Morgan fingerprint density at radius 3 is 2.33 bits per heavy atom. The molecule has 52 valence electrons. The van der Waals surface area contributed by atoms with Gasteiger partial charge in [0, 0.05) is 12.0 Å². The van der Waals surface area contributed by atoms with Crippen LogP contribution in [0.1, 0.15) is 19.3 Å². The lowest BCUT2D eigenvalue weighted by Gasteiger charge is -2.15. The van der Waals surface area contributed by atoms with E-state index in [2.05, 4.69) is 0 Å². The molecule has 0 heterocycles. The number of hydrogen-bond acceptors (Lipinski definition) is 2. The van der Waals surface area contributed by atoms with Crippen molar-refractivity contribution < 1.29 is 5.11 Å². The van der Waals surface area contributed by atoms with Crippen LogP contribution >= 0.6 is 0 Å². The predicted molar refractivity (Wildman–Crippen MR) is 34.8 cm³/mol. The zero-order valence-electron chi connectivity index (χ0n) is 5.46. The molecule has 0 amide bonds. The summed E-state index contributed by atoms with van der Waals surface area (Å²) in [6.07, 6.45) is 3.37. The minimum Gasteiger partial charge on any atom is -0.392 e. The SMILES string of the molecule is N[C@H]1C[C@H]2CC[C@H]1[C@H]2O. The quantitative estimate of drug-likeness (QED) is 0.485. The number of aliphatic hydroxyl groups excluding tert-OH is 1. The molecule has 3 N–H and O–H groups in total. The van der Waals surface area contributed by atoms with Crippen molar-refractivity contribution in [2.75, 3.05) is 0 Å². The lowest BCUT2D eigenvalue weighted by molar-refractivity contribution is 0.126. The standard InChI is InChI=1S/C7H13NO/c8-6-3-4-1-2-5(6)7(4)9/h4-7,9H,1-3,8H2/t4-,5-,6+,7+/m1/s1. The fraction of sp³-hybridized carbons (Fsp3) is 1.00. The van der Waals surface area contributed by atoms with Gasteiger partial charge < -0.3 is 10.8 Å². The molecule has 0 spiro atoms. The highest BCUT2D eigenvalue weighted by Crippen LogP contribution is 2.43. The molecule has 0 saturated heterocycles. The highest BCUT2D eigenvalue weighted by Gasteiger charge is 2.45. The Morgan fingerprint density at radius 1 is 1.33 bits per heavy atom. The number of fused-ring (bicyclic) bond motifs is 2. The summed E-state index contributed by atoms with van der Waals surface area (Å²) in [5, 5.41) is 9.42. The highest BCUT2D eigenvalue weighted by atomic mass is 16.3. The maximum absolute atomic E-state index is 9.42. The van der Waals surface area contributed by atoms with Crippen LogP contribution in [0.15, 0.2) is 0 Å². The summed E-state index contributed by atoms with van der Waals surface area (Å²) in [4.78, 5) is 0. The number of nitrogens with two attached hydrogens (primary N) is 1. The van der Waals surface area contributed by atoms with Crippen LogP contribution in [0.5, 0.6) is 0 Å². The van der Waals surface area contributed by atoms with Gasteiger partial charge in [-0.05, 0) is 25.2 Å². The van der Waals surface area contributed by atoms with E-state index in [-0.39, 0.29) is 6.10 Å². The second-order valence-electron chi connectivity index (χ2n) is 3.39. The summed E-state index contributed by atoms with van der Waals surface area (Å²) in [6.45, 7) is 0. The molecule has 2 bridgehead atoms. The smallest absolute Gasteiger partial charge is 0.0611 e. The number of rotatable bonds is 0. The van der Waals surface area contributed by atoms with E-state index >= 15 is 0 Å². The molecule has 2 aliphatic carbocycles. The van der Waals surface area contributed by atoms with E-state index in [1.165, 1.54) is 6.42 Å². The predicted octanol–water partition coefficient (Wildman–Crippen LogP) is 0.104. The van der Waals surface area contributed by atoms with Crippen LogP contribution in [0, 0.1) is 11.8 Å². The van der Waals surface area contributed by atoms with Gasteiger partial charge in [-0.15, -0.1) is 0 Å². The monoisotopic (exact) mass is 127 g/mol. The van der Waals surface area contributed by atoms with Crippen molar-refractivity contribution in [2.45, 2.75) is 31.4 Å². The Morgan fingerprint density at radius 2 is 2.11 bits per heavy atom. The Hall–Kier alpha value is -0.0800. The first-order valence-corrected chi connectivity index (χ1v) is 3.72. The van der Waals surface area contributed by atoms with Gasteiger partial charge in [0.15, 0.2) is 0 Å². The molecule has 4 atom stereocenters. The Labute approximate surface area is 55.1 Å². The first-order valence-electron chi connectivity index (χ1n) is 3.72. The molecule has 2 rings (SSSR count). The molecule has 0 aromatic rings. The normalized spacial score (nSPS) is 56.7. The average molecular weight is 127 g/mol. The lowest BCUT2D eigenvalue weighted by atomic mass is 9.96. The van der Waals surface area contributed by atoms with Crippen molar-refractivity contribution in [2.24, 2.45) is 17.6 Å². The Balaban J connectivity index is 2.16. The molecule has 9 heavy (non-hydrogen) atoms. The minimum atomic E-state index is -0.0556. The van der Waals surface area contributed by atoms with Crippen LogP contribution in [0.3, 0.4) is 0 Å². The molecule has 0 unspecified atom stereocenters. The van der Waals surface area contributed by atoms with Crippen molar-refractivity contribution in [1.82, 2.24) is 0 Å². The summed E-state index contributed by atoms with van der Waals surface area (Å²) in [7, 11) is 0. The molecule has 2 fully saturated rings. The topological polar surface area (TPSA) is 46.2 Å². The average Bonchev–Trinajstić information content (AvgIpc) is 2.25. The van der Waals surface area contributed by atoms with E-state index < -0.39 is 0 Å². The van der Waals surface area contributed by atoms with Gasteiger partial charge in [-0.2, -0.15) is 0 Å². The van der Waals surface area contributed by atoms with Crippen LogP contribution in [-0.2, 0) is 0 Å². The summed E-state index contributed by atoms with van der Waals surface area (Å²) in [5.74, 6) is 0.986. The van der Waals surface area contributed by atoms with Crippen molar-refractivity contribution in [1.29, 1.82) is 0 Å². The first-order chi connectivity index (χ1) is 4.29. The summed E-state index contributed by atoms with van der Waals surface area (Å²) in [5.41, 5.74) is 5.75. The van der Waals surface area contributed by atoms with Crippen molar-refractivity contribution in [3.63, 3.8) is 0 Å². The van der Waals surface area contributed by atoms with Crippen molar-refractivity contribution in [3.8, 4) is 0 Å². The second kappa shape index (κ2) is 1.70. The fourth-order valence-corrected chi connectivity index (χ4v) is 2.35. The van der Waals surface area contributed by atoms with Gasteiger partial charge in [-0.1, -0.05) is 0 Å². The number of aliphatic hydroxyl groups is 1. The molecular weight excluding hydrogens is 114 g/mol. The van der Waals surface area contributed by atoms with E-state index in [0.717, 1.165) is 12.8 Å². The Bertz CT molecular complexity index is 126. The third kappa shape index (κ3) is 0.634. The summed E-state index contributed by atoms with van der Waals surface area (Å²) >= 11 is 0. The van der Waals surface area contributed by atoms with Crippen molar-refractivity contribution >= 4 is 0 Å². The largest absolute Gasteiger partial charge is 0.392 e. The molecule has 2 nitrogen and oxygen atoms in total. The van der Waals surface area contributed by atoms with E-state index in [4.69, 9.17) is 5.73 Å². The maximum Gasteiger partial charge on any atom is 0.0611 e. The molecule has 2 heteroatoms. The summed E-state index contributed by atoms with van der Waals surface area (Å²) < 4.78 is 0. The van der Waals surface area contributed by atoms with Crippen LogP contribution in [0.4, 0.5) is 0 Å². The minimum absolute atomic E-state index is 0.0556. The van der Waals surface area contributed by atoms with E-state index in [1.807, 2.05) is 0 Å². The second-order valence-corrected chi connectivity index (χ2v) is 3.39. The van der Waals surface area contributed by atoms with Crippen LogP contribution in [0.25, 0.3) is 0 Å². The lowest BCUT2D eigenvalue weighted by Crippen LogP contribution is -2.28. The molecular formula is C7H13NO. The fourth-order valence-electron chi connectivity index (χ4n) is 2.35. The first kappa shape index (κ1) is 5.69. The van der Waals surface area contributed by atoms with Crippen LogP contribution < -0.4 is 5.73 Å². The zero-order valence-corrected chi connectivity index (χ0v) is 5.46. The van der Waals surface area contributed by atoms with Crippen LogP contribution in [-0.4, -0.2) is 17.3 Å². The highest BCUT2D eigenvalue weighted by molar-refractivity contribution is 4.98. The van der Waals surface area contributed by atoms with Gasteiger partial charge in [0.1, 0.15) is 0 Å². The van der Waals surface area contributed by atoms with E-state index in [1.54, 1.807) is 0 Å². The van der Waals surface area contributed by atoms with E-state index in [0.29, 0.717) is 17.9 Å². The van der Waals surface area contributed by atoms with Gasteiger partial charge in [0.2, 0.25) is 0 Å². The molecule has 0 radical (unpaired) electrons. The number of hydrogen-bond donors (Lipinski definition) is 2. The summed E-state index contributed by atoms with van der Waals surface area (Å²) in [6, 6.07) is 0.304. The zero-order chi connectivity index (χ0) is 6.43. The molecule has 2 saturated carbocycles. The third-order valence-corrected chi connectivity index (χ3v) is 2.92. The molecule has 0 aromatic heterocycles. The molecule has 0 aromatic carbocycles. The van der Waals surface area contributed by atoms with Gasteiger partial charge in [-0.25, -0.2) is 0 Å². The maximum atomic E-state index is 9.42. The van der Waals surface area contributed by atoms with Gasteiger partial charge in [0.25, 0.3) is 0 Å². The third-order valence-electron chi connectivity index (χ3n) is 2.92. The van der Waals surface area contributed by atoms with Gasteiger partial charge in [-0.3, -0.25) is 0 Å². The van der Waals surface area contributed by atoms with Crippen LogP contribution in [0.2, 0.25) is 0 Å². The Kier molecular flexibility index (Phi) is 1.08. The molecule has 2 aliphatic rings.